The van der Waals surface area contributed by atoms with Crippen LogP contribution in [0.3, 0.4) is 0 Å². The zero-order valence-corrected chi connectivity index (χ0v) is 10.9. The molecule has 0 fully saturated rings. The number of carbonyl (C=O) groups is 2. The molecule has 0 spiro atoms. The summed E-state index contributed by atoms with van der Waals surface area (Å²) in [5, 5.41) is 0. The molecular weight excluding hydrogens is 204 g/mol. The molecule has 3 nitrogen and oxygen atoms in total. The van der Waals surface area contributed by atoms with E-state index in [1.165, 1.54) is 0 Å². The van der Waals surface area contributed by atoms with Gasteiger partial charge in [-0.15, -0.1) is 0 Å². The molecule has 0 radical (unpaired) electrons. The largest absolute Gasteiger partial charge is 0.460 e. The van der Waals surface area contributed by atoms with Gasteiger partial charge in [0.25, 0.3) is 0 Å². The monoisotopic (exact) mass is 228 g/mol. The van der Waals surface area contributed by atoms with Crippen molar-refractivity contribution in [2.75, 3.05) is 0 Å². The van der Waals surface area contributed by atoms with Gasteiger partial charge in [-0.2, -0.15) is 0 Å². The minimum atomic E-state index is -0.395. The molecular formula is C13H24O3. The Morgan fingerprint density at radius 1 is 1.31 bits per heavy atom. The van der Waals surface area contributed by atoms with E-state index in [1.54, 1.807) is 0 Å². The number of unbranched alkanes of at least 4 members (excludes halogenated alkanes) is 2. The van der Waals surface area contributed by atoms with Crippen LogP contribution in [0.4, 0.5) is 0 Å². The molecule has 94 valence electrons. The van der Waals surface area contributed by atoms with E-state index in [1.807, 2.05) is 27.7 Å². The summed E-state index contributed by atoms with van der Waals surface area (Å²) < 4.78 is 5.24. The summed E-state index contributed by atoms with van der Waals surface area (Å²) >= 11 is 0. The minimum absolute atomic E-state index is 0.129. The maximum atomic E-state index is 11.5. The molecule has 0 heterocycles. The van der Waals surface area contributed by atoms with Crippen molar-refractivity contribution in [1.82, 2.24) is 0 Å². The lowest BCUT2D eigenvalue weighted by Crippen LogP contribution is -2.24. The summed E-state index contributed by atoms with van der Waals surface area (Å²) in [6.45, 7) is 7.67. The Balaban J connectivity index is 3.66. The number of ether oxygens (including phenoxy) is 1. The van der Waals surface area contributed by atoms with Gasteiger partial charge in [0, 0.05) is 12.8 Å². The highest BCUT2D eigenvalue weighted by atomic mass is 16.6. The van der Waals surface area contributed by atoms with Crippen molar-refractivity contribution in [2.24, 2.45) is 5.92 Å². The SMILES string of the molecule is CC(CCCCC=O)CC(=O)OC(C)(C)C. The molecule has 0 N–H and O–H groups in total. The van der Waals surface area contributed by atoms with Gasteiger partial charge in [0.05, 0.1) is 0 Å². The Kier molecular flexibility index (Phi) is 7.02. The Hall–Kier alpha value is -0.860. The fourth-order valence-corrected chi connectivity index (χ4v) is 1.49. The van der Waals surface area contributed by atoms with E-state index in [9.17, 15) is 9.59 Å². The summed E-state index contributed by atoms with van der Waals surface area (Å²) in [7, 11) is 0. The molecule has 0 rings (SSSR count). The normalized spacial score (nSPS) is 13.2. The molecule has 0 bridgehead atoms. The van der Waals surface area contributed by atoms with E-state index >= 15 is 0 Å². The number of esters is 1. The van der Waals surface area contributed by atoms with Crippen molar-refractivity contribution in [1.29, 1.82) is 0 Å². The summed E-state index contributed by atoms with van der Waals surface area (Å²) in [4.78, 5) is 21.6. The number of hydrogen-bond acceptors (Lipinski definition) is 3. The van der Waals surface area contributed by atoms with Crippen LogP contribution in [0.5, 0.6) is 0 Å². The van der Waals surface area contributed by atoms with Crippen molar-refractivity contribution >= 4 is 12.3 Å². The fourth-order valence-electron chi connectivity index (χ4n) is 1.49. The van der Waals surface area contributed by atoms with E-state index in [0.717, 1.165) is 25.5 Å². The molecule has 0 aromatic heterocycles. The van der Waals surface area contributed by atoms with Gasteiger partial charge in [-0.3, -0.25) is 4.79 Å². The lowest BCUT2D eigenvalue weighted by Gasteiger charge is -2.20. The predicted molar refractivity (Wildman–Crippen MR) is 64.2 cm³/mol. The first-order valence-electron chi connectivity index (χ1n) is 6.00. The molecule has 0 aromatic rings. The summed E-state index contributed by atoms with van der Waals surface area (Å²) in [5.74, 6) is 0.205. The van der Waals surface area contributed by atoms with Crippen LogP contribution in [0.25, 0.3) is 0 Å². The van der Waals surface area contributed by atoms with Crippen LogP contribution < -0.4 is 0 Å². The molecule has 1 atom stereocenters. The lowest BCUT2D eigenvalue weighted by molar-refractivity contribution is -0.155. The number of hydrogen-bond donors (Lipinski definition) is 0. The third-order valence-electron chi connectivity index (χ3n) is 2.20. The lowest BCUT2D eigenvalue weighted by atomic mass is 10.00. The Bertz CT molecular complexity index is 216. The topological polar surface area (TPSA) is 43.4 Å². The van der Waals surface area contributed by atoms with Crippen molar-refractivity contribution in [3.05, 3.63) is 0 Å². The predicted octanol–water partition coefficient (Wildman–Crippen LogP) is 3.11. The average Bonchev–Trinajstić information content (AvgIpc) is 2.09. The van der Waals surface area contributed by atoms with Crippen LogP contribution in [-0.2, 0) is 14.3 Å². The first-order chi connectivity index (χ1) is 7.35. The third-order valence-corrected chi connectivity index (χ3v) is 2.20. The number of aldehydes is 1. The first-order valence-corrected chi connectivity index (χ1v) is 6.00. The van der Waals surface area contributed by atoms with Gasteiger partial charge in [-0.05, 0) is 33.1 Å². The van der Waals surface area contributed by atoms with Crippen LogP contribution in [0.15, 0.2) is 0 Å². The molecule has 0 saturated carbocycles. The van der Waals surface area contributed by atoms with Gasteiger partial charge >= 0.3 is 5.97 Å². The van der Waals surface area contributed by atoms with Crippen molar-refractivity contribution < 1.29 is 14.3 Å². The first kappa shape index (κ1) is 15.1. The molecule has 1 unspecified atom stereocenters. The van der Waals surface area contributed by atoms with E-state index in [2.05, 4.69) is 0 Å². The molecule has 0 aliphatic heterocycles. The van der Waals surface area contributed by atoms with Gasteiger partial charge < -0.3 is 9.53 Å². The molecule has 0 aliphatic carbocycles. The second-order valence-electron chi connectivity index (χ2n) is 5.35. The summed E-state index contributed by atoms with van der Waals surface area (Å²) in [6.07, 6.45) is 4.94. The van der Waals surface area contributed by atoms with Gasteiger partial charge in [-0.1, -0.05) is 19.8 Å². The van der Waals surface area contributed by atoms with Crippen molar-refractivity contribution in [3.63, 3.8) is 0 Å². The zero-order chi connectivity index (χ0) is 12.6. The van der Waals surface area contributed by atoms with E-state index in [0.29, 0.717) is 18.8 Å². The molecule has 0 saturated heterocycles. The molecule has 0 aliphatic rings. The van der Waals surface area contributed by atoms with Crippen LogP contribution in [0.1, 0.15) is 59.8 Å². The number of rotatable bonds is 7. The van der Waals surface area contributed by atoms with Crippen LogP contribution in [0.2, 0.25) is 0 Å². The molecule has 0 amide bonds. The van der Waals surface area contributed by atoms with E-state index in [-0.39, 0.29) is 5.97 Å². The van der Waals surface area contributed by atoms with Crippen molar-refractivity contribution in [3.8, 4) is 0 Å². The van der Waals surface area contributed by atoms with Gasteiger partial charge in [0.15, 0.2) is 0 Å². The van der Waals surface area contributed by atoms with Gasteiger partial charge in [0.2, 0.25) is 0 Å². The van der Waals surface area contributed by atoms with Crippen LogP contribution in [0, 0.1) is 5.92 Å². The van der Waals surface area contributed by atoms with Crippen LogP contribution >= 0.6 is 0 Å². The number of carbonyl (C=O) groups excluding carboxylic acids is 2. The fraction of sp³-hybridized carbons (Fsp3) is 0.846. The minimum Gasteiger partial charge on any atom is -0.460 e. The highest BCUT2D eigenvalue weighted by Gasteiger charge is 2.18. The smallest absolute Gasteiger partial charge is 0.306 e. The molecule has 16 heavy (non-hydrogen) atoms. The molecule has 3 heteroatoms. The second-order valence-corrected chi connectivity index (χ2v) is 5.35. The zero-order valence-electron chi connectivity index (χ0n) is 10.9. The second kappa shape index (κ2) is 7.42. The third kappa shape index (κ3) is 9.69. The van der Waals surface area contributed by atoms with Crippen LogP contribution in [-0.4, -0.2) is 17.9 Å². The quantitative estimate of drug-likeness (QED) is 0.382. The average molecular weight is 228 g/mol. The highest BCUT2D eigenvalue weighted by Crippen LogP contribution is 2.16. The van der Waals surface area contributed by atoms with E-state index in [4.69, 9.17) is 4.74 Å². The summed E-state index contributed by atoms with van der Waals surface area (Å²) in [5.41, 5.74) is -0.395. The Labute approximate surface area is 98.6 Å². The highest BCUT2D eigenvalue weighted by molar-refractivity contribution is 5.70. The van der Waals surface area contributed by atoms with Gasteiger partial charge in [-0.25, -0.2) is 0 Å². The maximum Gasteiger partial charge on any atom is 0.306 e. The Morgan fingerprint density at radius 3 is 2.44 bits per heavy atom. The van der Waals surface area contributed by atoms with Gasteiger partial charge in [0.1, 0.15) is 11.9 Å². The Morgan fingerprint density at radius 2 is 1.94 bits per heavy atom. The van der Waals surface area contributed by atoms with Crippen molar-refractivity contribution in [2.45, 2.75) is 65.4 Å². The standard InChI is InChI=1S/C13H24O3/c1-11(8-6-5-7-9-14)10-12(15)16-13(2,3)4/h9,11H,5-8,10H2,1-4H3. The molecule has 0 aromatic carbocycles. The maximum absolute atomic E-state index is 11.5. The van der Waals surface area contributed by atoms with E-state index < -0.39 is 5.60 Å². The summed E-state index contributed by atoms with van der Waals surface area (Å²) in [6, 6.07) is 0.